The summed E-state index contributed by atoms with van der Waals surface area (Å²) in [5.41, 5.74) is 0. The molecular weight excluding hydrogens is 250 g/mol. The quantitative estimate of drug-likeness (QED) is 0.213. The summed E-state index contributed by atoms with van der Waals surface area (Å²) in [6.45, 7) is 1.29. The van der Waals surface area contributed by atoms with Crippen LogP contribution in [0.4, 0.5) is 0 Å². The van der Waals surface area contributed by atoms with E-state index in [-0.39, 0.29) is 13.3 Å². The van der Waals surface area contributed by atoms with Gasteiger partial charge in [-0.05, 0) is 12.8 Å². The van der Waals surface area contributed by atoms with Crippen molar-refractivity contribution < 1.29 is 29.3 Å². The van der Waals surface area contributed by atoms with E-state index in [1.54, 1.807) is 0 Å². The molecule has 0 aromatic carbocycles. The summed E-state index contributed by atoms with van der Waals surface area (Å²) in [6, 6.07) is 0. The summed E-state index contributed by atoms with van der Waals surface area (Å²) in [7, 11) is 0. The second kappa shape index (κ2) is 10.9. The summed E-state index contributed by atoms with van der Waals surface area (Å²) in [5.74, 6) is -1.08. The van der Waals surface area contributed by atoms with Crippen molar-refractivity contribution in [3.8, 4) is 0 Å². The minimum absolute atomic E-state index is 0.0118. The molecule has 112 valence electrons. The molecule has 0 saturated heterocycles. The molecule has 0 fully saturated rings. The molecule has 3 N–H and O–H groups in total. The van der Waals surface area contributed by atoms with E-state index in [0.717, 1.165) is 12.8 Å². The standard InChI is InChI=1S/C13H25NO5/c1-2-3-4-5-6-7-8-19-12-14(10-15,11-16)9-13(17)18/h5-6,15-16H,2-4,7-12H2,1H3/p+1/b6-5+. The molecule has 0 atom stereocenters. The molecule has 6 nitrogen and oxygen atoms in total. The monoisotopic (exact) mass is 276 g/mol. The highest BCUT2D eigenvalue weighted by Gasteiger charge is 2.29. The van der Waals surface area contributed by atoms with Crippen molar-refractivity contribution in [3.05, 3.63) is 12.2 Å². The van der Waals surface area contributed by atoms with Gasteiger partial charge in [0.15, 0.2) is 26.7 Å². The average Bonchev–Trinajstić information content (AvgIpc) is 2.40. The maximum absolute atomic E-state index is 10.7. The molecule has 0 spiro atoms. The molecule has 0 aliphatic rings. The van der Waals surface area contributed by atoms with E-state index in [9.17, 15) is 15.0 Å². The lowest BCUT2D eigenvalue weighted by Crippen LogP contribution is -2.53. The Morgan fingerprint density at radius 1 is 1.21 bits per heavy atom. The van der Waals surface area contributed by atoms with Crippen LogP contribution in [0.25, 0.3) is 0 Å². The van der Waals surface area contributed by atoms with Crippen LogP contribution in [0.5, 0.6) is 0 Å². The third-order valence-corrected chi connectivity index (χ3v) is 2.76. The molecule has 0 heterocycles. The molecule has 0 saturated carbocycles. The van der Waals surface area contributed by atoms with E-state index in [1.807, 2.05) is 6.08 Å². The Hall–Kier alpha value is -0.950. The van der Waals surface area contributed by atoms with Crippen LogP contribution in [0.1, 0.15) is 32.6 Å². The SMILES string of the molecule is CCCC/C=C/CCOC[N+](CO)(CO)CC(=O)O. The lowest BCUT2D eigenvalue weighted by atomic mass is 10.2. The van der Waals surface area contributed by atoms with Crippen LogP contribution in [0.3, 0.4) is 0 Å². The largest absolute Gasteiger partial charge is 0.477 e. The summed E-state index contributed by atoms with van der Waals surface area (Å²) in [4.78, 5) is 10.7. The number of hydrogen-bond acceptors (Lipinski definition) is 4. The molecule has 0 aliphatic heterocycles. The Bertz CT molecular complexity index is 264. The fourth-order valence-corrected chi connectivity index (χ4v) is 1.53. The number of aliphatic carboxylic acids is 1. The lowest BCUT2D eigenvalue weighted by molar-refractivity contribution is -0.971. The molecule has 0 unspecified atom stereocenters. The maximum atomic E-state index is 10.7. The number of quaternary nitrogens is 1. The summed E-state index contributed by atoms with van der Waals surface area (Å²) < 4.78 is 4.93. The number of rotatable bonds is 12. The second-order valence-corrected chi connectivity index (χ2v) is 4.62. The molecule has 0 aromatic heterocycles. The first kappa shape index (κ1) is 18.0. The van der Waals surface area contributed by atoms with Crippen LogP contribution in [0.15, 0.2) is 12.2 Å². The molecule has 0 aliphatic carbocycles. The normalized spacial score (nSPS) is 12.2. The summed E-state index contributed by atoms with van der Waals surface area (Å²) in [5, 5.41) is 27.1. The Labute approximate surface area is 114 Å². The van der Waals surface area contributed by atoms with E-state index in [1.165, 1.54) is 12.8 Å². The van der Waals surface area contributed by atoms with Gasteiger partial charge in [0.25, 0.3) is 0 Å². The minimum atomic E-state index is -1.08. The highest BCUT2D eigenvalue weighted by Crippen LogP contribution is 2.05. The molecule has 0 amide bonds. The van der Waals surface area contributed by atoms with Crippen molar-refractivity contribution in [1.29, 1.82) is 0 Å². The molecule has 0 aromatic rings. The number of allylic oxidation sites excluding steroid dienone is 1. The number of carboxylic acids is 1. The third kappa shape index (κ3) is 8.72. The van der Waals surface area contributed by atoms with Crippen molar-refractivity contribution in [2.45, 2.75) is 32.6 Å². The van der Waals surface area contributed by atoms with Gasteiger partial charge in [-0.1, -0.05) is 31.9 Å². The first-order chi connectivity index (χ1) is 9.10. The van der Waals surface area contributed by atoms with Crippen LogP contribution in [-0.4, -0.2) is 59.1 Å². The number of hydrogen-bond donors (Lipinski definition) is 3. The van der Waals surface area contributed by atoms with Gasteiger partial charge < -0.3 is 20.1 Å². The summed E-state index contributed by atoms with van der Waals surface area (Å²) >= 11 is 0. The first-order valence-electron chi connectivity index (χ1n) is 6.61. The maximum Gasteiger partial charge on any atom is 0.359 e. The Morgan fingerprint density at radius 2 is 1.84 bits per heavy atom. The van der Waals surface area contributed by atoms with Crippen molar-refractivity contribution >= 4 is 5.97 Å². The predicted octanol–water partition coefficient (Wildman–Crippen LogP) is 0.898. The molecule has 0 bridgehead atoms. The van der Waals surface area contributed by atoms with E-state index >= 15 is 0 Å². The van der Waals surface area contributed by atoms with Crippen LogP contribution < -0.4 is 0 Å². The highest BCUT2D eigenvalue weighted by atomic mass is 16.5. The van der Waals surface area contributed by atoms with Gasteiger partial charge in [0, 0.05) is 0 Å². The molecular formula is C13H26NO5+. The van der Waals surface area contributed by atoms with Crippen LogP contribution in [-0.2, 0) is 9.53 Å². The van der Waals surface area contributed by atoms with Crippen LogP contribution in [0.2, 0.25) is 0 Å². The smallest absolute Gasteiger partial charge is 0.359 e. The van der Waals surface area contributed by atoms with Crippen molar-refractivity contribution in [2.75, 3.05) is 33.3 Å². The average molecular weight is 276 g/mol. The van der Waals surface area contributed by atoms with E-state index < -0.39 is 23.9 Å². The van der Waals surface area contributed by atoms with Crippen molar-refractivity contribution in [2.24, 2.45) is 0 Å². The zero-order valence-corrected chi connectivity index (χ0v) is 11.6. The van der Waals surface area contributed by atoms with Gasteiger partial charge in [-0.2, -0.15) is 0 Å². The highest BCUT2D eigenvalue weighted by molar-refractivity contribution is 5.67. The van der Waals surface area contributed by atoms with Gasteiger partial charge in [-0.25, -0.2) is 9.28 Å². The van der Waals surface area contributed by atoms with Crippen molar-refractivity contribution in [1.82, 2.24) is 0 Å². The van der Waals surface area contributed by atoms with Gasteiger partial charge in [0.2, 0.25) is 0 Å². The Morgan fingerprint density at radius 3 is 2.37 bits per heavy atom. The minimum Gasteiger partial charge on any atom is -0.477 e. The van der Waals surface area contributed by atoms with Gasteiger partial charge in [-0.3, -0.25) is 0 Å². The van der Waals surface area contributed by atoms with Crippen LogP contribution in [0, 0.1) is 0 Å². The number of carboxylic acid groups (broad SMARTS) is 1. The zero-order valence-electron chi connectivity index (χ0n) is 11.6. The number of aliphatic hydroxyl groups is 2. The number of nitrogens with zero attached hydrogens (tertiary/aromatic N) is 1. The fourth-order valence-electron chi connectivity index (χ4n) is 1.53. The van der Waals surface area contributed by atoms with Crippen molar-refractivity contribution in [3.63, 3.8) is 0 Å². The van der Waals surface area contributed by atoms with Gasteiger partial charge in [-0.15, -0.1) is 0 Å². The first-order valence-corrected chi connectivity index (χ1v) is 6.61. The molecule has 0 radical (unpaired) electrons. The number of carbonyl (C=O) groups is 1. The lowest BCUT2D eigenvalue weighted by Gasteiger charge is -2.31. The predicted molar refractivity (Wildman–Crippen MR) is 71.0 cm³/mol. The van der Waals surface area contributed by atoms with E-state index in [4.69, 9.17) is 9.84 Å². The number of unbranched alkanes of at least 4 members (excludes halogenated alkanes) is 2. The zero-order chi connectivity index (χ0) is 14.6. The summed E-state index contributed by atoms with van der Waals surface area (Å²) in [6.07, 6.45) is 8.27. The topological polar surface area (TPSA) is 87.0 Å². The third-order valence-electron chi connectivity index (χ3n) is 2.76. The molecule has 6 heteroatoms. The van der Waals surface area contributed by atoms with Gasteiger partial charge in [0.1, 0.15) is 0 Å². The number of aliphatic hydroxyl groups excluding tert-OH is 2. The molecule has 19 heavy (non-hydrogen) atoms. The Balaban J connectivity index is 3.87. The Kier molecular flexibility index (Phi) is 10.4. The van der Waals surface area contributed by atoms with Gasteiger partial charge in [0.05, 0.1) is 6.61 Å². The van der Waals surface area contributed by atoms with Crippen LogP contribution >= 0.6 is 0 Å². The van der Waals surface area contributed by atoms with E-state index in [0.29, 0.717) is 6.61 Å². The molecule has 0 rings (SSSR count). The number of ether oxygens (including phenoxy) is 1. The second-order valence-electron chi connectivity index (χ2n) is 4.62. The van der Waals surface area contributed by atoms with E-state index in [2.05, 4.69) is 13.0 Å². The fraction of sp³-hybridized carbons (Fsp3) is 0.769. The van der Waals surface area contributed by atoms with Gasteiger partial charge >= 0.3 is 5.97 Å².